The molecule has 1 aliphatic rings. The van der Waals surface area contributed by atoms with Gasteiger partial charge in [0.05, 0.1) is 24.4 Å². The van der Waals surface area contributed by atoms with Crippen LogP contribution in [0.4, 0.5) is 5.69 Å². The summed E-state index contributed by atoms with van der Waals surface area (Å²) in [5, 5.41) is 12.9. The maximum Gasteiger partial charge on any atom is 0.126 e. The second-order valence-electron chi connectivity index (χ2n) is 4.91. The zero-order valence-corrected chi connectivity index (χ0v) is 13.1. The van der Waals surface area contributed by atoms with Crippen molar-refractivity contribution in [2.45, 2.75) is 13.0 Å². The van der Waals surface area contributed by atoms with Crippen molar-refractivity contribution in [3.05, 3.63) is 44.9 Å². The van der Waals surface area contributed by atoms with E-state index in [0.717, 1.165) is 22.9 Å². The van der Waals surface area contributed by atoms with Gasteiger partial charge in [-0.3, -0.25) is 0 Å². The molecular weight excluding hydrogens is 306 g/mol. The molecule has 0 saturated carbocycles. The van der Waals surface area contributed by atoms with Crippen molar-refractivity contribution in [2.24, 2.45) is 0 Å². The van der Waals surface area contributed by atoms with E-state index in [1.165, 1.54) is 0 Å². The summed E-state index contributed by atoms with van der Waals surface area (Å²) in [5.41, 5.74) is 2.52. The number of benzene rings is 1. The topological polar surface area (TPSA) is 49.2 Å². The molecule has 1 saturated heterocycles. The highest BCUT2D eigenvalue weighted by Gasteiger charge is 2.25. The van der Waals surface area contributed by atoms with Crippen LogP contribution in [-0.4, -0.2) is 24.7 Å². The van der Waals surface area contributed by atoms with Crippen molar-refractivity contribution in [1.82, 2.24) is 4.98 Å². The van der Waals surface area contributed by atoms with E-state index in [1.807, 2.05) is 24.4 Å². The Morgan fingerprint density at radius 3 is 3.10 bits per heavy atom. The van der Waals surface area contributed by atoms with Crippen molar-refractivity contribution in [1.29, 1.82) is 5.26 Å². The number of morpholine rings is 1. The van der Waals surface area contributed by atoms with Crippen LogP contribution in [0.1, 0.15) is 22.4 Å². The summed E-state index contributed by atoms with van der Waals surface area (Å²) in [6.07, 6.45) is -0.0420. The number of ether oxygens (including phenoxy) is 1. The lowest BCUT2D eigenvalue weighted by Gasteiger charge is -2.34. The van der Waals surface area contributed by atoms with Crippen molar-refractivity contribution in [3.8, 4) is 6.07 Å². The van der Waals surface area contributed by atoms with E-state index >= 15 is 0 Å². The van der Waals surface area contributed by atoms with Crippen LogP contribution in [-0.2, 0) is 4.74 Å². The predicted octanol–water partition coefficient (Wildman–Crippen LogP) is 3.55. The number of nitrogens with zero attached hydrogens (tertiary/aromatic N) is 3. The Balaban J connectivity index is 1.85. The van der Waals surface area contributed by atoms with E-state index < -0.39 is 0 Å². The van der Waals surface area contributed by atoms with Crippen molar-refractivity contribution < 1.29 is 4.74 Å². The molecule has 0 N–H and O–H groups in total. The Morgan fingerprint density at radius 2 is 2.38 bits per heavy atom. The van der Waals surface area contributed by atoms with Gasteiger partial charge in [0.15, 0.2) is 0 Å². The highest BCUT2D eigenvalue weighted by Crippen LogP contribution is 2.30. The molecule has 21 heavy (non-hydrogen) atoms. The van der Waals surface area contributed by atoms with Crippen molar-refractivity contribution in [2.75, 3.05) is 24.6 Å². The molecule has 1 fully saturated rings. The molecule has 1 aromatic heterocycles. The second-order valence-corrected chi connectivity index (χ2v) is 6.23. The fourth-order valence-electron chi connectivity index (χ4n) is 2.41. The van der Waals surface area contributed by atoms with E-state index in [0.29, 0.717) is 23.7 Å². The lowest BCUT2D eigenvalue weighted by molar-refractivity contribution is 0.0396. The first-order chi connectivity index (χ1) is 10.2. The number of aromatic nitrogens is 1. The quantitative estimate of drug-likeness (QED) is 0.849. The fourth-order valence-corrected chi connectivity index (χ4v) is 3.42. The number of aryl methyl sites for hydroxylation is 1. The average Bonchev–Trinajstić information content (AvgIpc) is 2.94. The van der Waals surface area contributed by atoms with Gasteiger partial charge < -0.3 is 9.64 Å². The van der Waals surface area contributed by atoms with Crippen LogP contribution in [0, 0.1) is 18.3 Å². The third-order valence-electron chi connectivity index (χ3n) is 3.40. The molecule has 3 rings (SSSR count). The minimum Gasteiger partial charge on any atom is -0.367 e. The smallest absolute Gasteiger partial charge is 0.126 e. The minimum absolute atomic E-state index is 0.0420. The summed E-state index contributed by atoms with van der Waals surface area (Å²) in [6, 6.07) is 7.63. The van der Waals surface area contributed by atoms with Crippen LogP contribution in [0.25, 0.3) is 0 Å². The van der Waals surface area contributed by atoms with E-state index in [-0.39, 0.29) is 6.10 Å². The van der Waals surface area contributed by atoms with Gasteiger partial charge in [0, 0.05) is 22.6 Å². The SMILES string of the molecule is Cc1csc(C2CN(c3ccc(Cl)cc3C#N)CCO2)n1. The molecule has 2 aromatic rings. The number of thiazole rings is 1. The standard InChI is InChI=1S/C15H14ClN3OS/c1-10-9-21-15(18-10)14-8-19(4-5-20-14)13-3-2-12(16)6-11(13)7-17/h2-3,6,9,14H,4-5,8H2,1H3. The summed E-state index contributed by atoms with van der Waals surface area (Å²) >= 11 is 7.58. The largest absolute Gasteiger partial charge is 0.367 e. The number of anilines is 1. The fraction of sp³-hybridized carbons (Fsp3) is 0.333. The van der Waals surface area contributed by atoms with Gasteiger partial charge in [0.2, 0.25) is 0 Å². The van der Waals surface area contributed by atoms with E-state index in [1.54, 1.807) is 17.4 Å². The number of rotatable bonds is 2. The van der Waals surface area contributed by atoms with Gasteiger partial charge in [-0.15, -0.1) is 11.3 Å². The third-order valence-corrected chi connectivity index (χ3v) is 4.69. The van der Waals surface area contributed by atoms with Gasteiger partial charge in [-0.25, -0.2) is 4.98 Å². The van der Waals surface area contributed by atoms with Gasteiger partial charge in [-0.2, -0.15) is 5.26 Å². The number of nitriles is 1. The second kappa shape index (κ2) is 6.02. The Labute approximate surface area is 132 Å². The van der Waals surface area contributed by atoms with E-state index in [2.05, 4.69) is 16.0 Å². The van der Waals surface area contributed by atoms with Gasteiger partial charge >= 0.3 is 0 Å². The van der Waals surface area contributed by atoms with Crippen LogP contribution in [0.2, 0.25) is 5.02 Å². The molecule has 0 aliphatic carbocycles. The Hall–Kier alpha value is -1.61. The molecule has 1 unspecified atom stereocenters. The average molecular weight is 320 g/mol. The van der Waals surface area contributed by atoms with Crippen LogP contribution in [0.15, 0.2) is 23.6 Å². The van der Waals surface area contributed by atoms with Crippen LogP contribution < -0.4 is 4.90 Å². The van der Waals surface area contributed by atoms with E-state index in [4.69, 9.17) is 16.3 Å². The molecular formula is C15H14ClN3OS. The molecule has 0 spiro atoms. The zero-order valence-electron chi connectivity index (χ0n) is 11.5. The predicted molar refractivity (Wildman–Crippen MR) is 83.9 cm³/mol. The normalized spacial score (nSPS) is 18.5. The molecule has 108 valence electrons. The first-order valence-electron chi connectivity index (χ1n) is 6.65. The highest BCUT2D eigenvalue weighted by molar-refractivity contribution is 7.09. The summed E-state index contributed by atoms with van der Waals surface area (Å²) in [7, 11) is 0. The highest BCUT2D eigenvalue weighted by atomic mass is 35.5. The summed E-state index contributed by atoms with van der Waals surface area (Å²) in [5.74, 6) is 0. The Morgan fingerprint density at radius 1 is 1.52 bits per heavy atom. The maximum atomic E-state index is 9.28. The number of hydrogen-bond acceptors (Lipinski definition) is 5. The van der Waals surface area contributed by atoms with Gasteiger partial charge in [-0.05, 0) is 25.1 Å². The van der Waals surface area contributed by atoms with Crippen molar-refractivity contribution >= 4 is 28.6 Å². The Bertz CT molecular complexity index is 694. The summed E-state index contributed by atoms with van der Waals surface area (Å²) < 4.78 is 5.82. The molecule has 0 amide bonds. The molecule has 1 aliphatic heterocycles. The number of halogens is 1. The zero-order chi connectivity index (χ0) is 14.8. The monoisotopic (exact) mass is 319 g/mol. The molecule has 0 bridgehead atoms. The van der Waals surface area contributed by atoms with Gasteiger partial charge in [0.25, 0.3) is 0 Å². The lowest BCUT2D eigenvalue weighted by atomic mass is 10.1. The first-order valence-corrected chi connectivity index (χ1v) is 7.91. The number of hydrogen-bond donors (Lipinski definition) is 0. The Kier molecular flexibility index (Phi) is 4.11. The van der Waals surface area contributed by atoms with Crippen LogP contribution in [0.5, 0.6) is 0 Å². The molecule has 1 atom stereocenters. The molecule has 2 heterocycles. The minimum atomic E-state index is -0.0420. The third kappa shape index (κ3) is 3.03. The molecule has 4 nitrogen and oxygen atoms in total. The van der Waals surface area contributed by atoms with Crippen LogP contribution in [0.3, 0.4) is 0 Å². The van der Waals surface area contributed by atoms with Crippen molar-refractivity contribution in [3.63, 3.8) is 0 Å². The lowest BCUT2D eigenvalue weighted by Crippen LogP contribution is -2.38. The van der Waals surface area contributed by atoms with Gasteiger partial charge in [-0.1, -0.05) is 11.6 Å². The van der Waals surface area contributed by atoms with E-state index in [9.17, 15) is 5.26 Å². The summed E-state index contributed by atoms with van der Waals surface area (Å²) in [4.78, 5) is 6.67. The maximum absolute atomic E-state index is 9.28. The molecule has 1 aromatic carbocycles. The first kappa shape index (κ1) is 14.3. The summed E-state index contributed by atoms with van der Waals surface area (Å²) in [6.45, 7) is 4.06. The van der Waals surface area contributed by atoms with Gasteiger partial charge in [0.1, 0.15) is 17.2 Å². The molecule has 6 heteroatoms. The molecule has 0 radical (unpaired) electrons. The van der Waals surface area contributed by atoms with Crippen LogP contribution >= 0.6 is 22.9 Å².